The van der Waals surface area contributed by atoms with Crippen LogP contribution in [-0.4, -0.2) is 43.2 Å². The maximum absolute atomic E-state index is 12.3. The number of fused-ring (bicyclic) bond motifs is 3. The molecule has 3 aromatic rings. The van der Waals surface area contributed by atoms with E-state index < -0.39 is 10.0 Å². The Bertz CT molecular complexity index is 1310. The Balaban J connectivity index is 1.58. The van der Waals surface area contributed by atoms with E-state index in [1.165, 1.54) is 4.90 Å². The van der Waals surface area contributed by atoms with E-state index in [2.05, 4.69) is 14.7 Å². The number of amides is 1. The van der Waals surface area contributed by atoms with E-state index in [0.717, 1.165) is 16.5 Å². The molecule has 1 saturated carbocycles. The van der Waals surface area contributed by atoms with Gasteiger partial charge in [-0.2, -0.15) is 0 Å². The third-order valence-corrected chi connectivity index (χ3v) is 7.42. The maximum atomic E-state index is 12.3. The van der Waals surface area contributed by atoms with Crippen LogP contribution in [0, 0.1) is 0 Å². The van der Waals surface area contributed by atoms with Gasteiger partial charge in [0.2, 0.25) is 10.0 Å². The lowest BCUT2D eigenvalue weighted by Gasteiger charge is -2.26. The molecular weight excluding hydrogens is 428 g/mol. The second-order valence-corrected chi connectivity index (χ2v) is 9.67. The predicted octanol–water partition coefficient (Wildman–Crippen LogP) is 3.21. The number of halogens is 1. The summed E-state index contributed by atoms with van der Waals surface area (Å²) in [6.07, 6.45) is 4.50. The molecule has 8 nitrogen and oxygen atoms in total. The predicted molar refractivity (Wildman–Crippen MR) is 114 cm³/mol. The Morgan fingerprint density at radius 2 is 1.97 bits per heavy atom. The summed E-state index contributed by atoms with van der Waals surface area (Å²) in [6.45, 7) is -0.0393. The van der Waals surface area contributed by atoms with Crippen LogP contribution in [0.4, 0.5) is 11.4 Å². The number of carbonyl (C=O) groups is 1. The normalized spacial score (nSPS) is 16.3. The number of likely N-dealkylation sites (N-methyl/N-ethyl adjacent to an activating group) is 1. The van der Waals surface area contributed by atoms with Crippen molar-refractivity contribution in [3.8, 4) is 16.9 Å². The highest BCUT2D eigenvalue weighted by Crippen LogP contribution is 2.39. The van der Waals surface area contributed by atoms with Crippen LogP contribution in [-0.2, 0) is 14.8 Å². The highest BCUT2D eigenvalue weighted by molar-refractivity contribution is 7.93. The van der Waals surface area contributed by atoms with Crippen LogP contribution in [0.1, 0.15) is 12.8 Å². The molecule has 0 atom stereocenters. The topological polar surface area (TPSA) is 101 Å². The molecule has 3 heterocycles. The van der Waals surface area contributed by atoms with Gasteiger partial charge in [-0.1, -0.05) is 17.7 Å². The fourth-order valence-corrected chi connectivity index (χ4v) is 4.98. The molecule has 1 aliphatic carbocycles. The van der Waals surface area contributed by atoms with E-state index in [0.29, 0.717) is 29.8 Å². The summed E-state index contributed by atoms with van der Waals surface area (Å²) in [5.74, 6) is 0.440. The van der Waals surface area contributed by atoms with E-state index in [1.54, 1.807) is 25.5 Å². The van der Waals surface area contributed by atoms with Gasteiger partial charge in [-0.15, -0.1) is 0 Å². The maximum Gasteiger partial charge on any atom is 0.264 e. The van der Waals surface area contributed by atoms with Crippen LogP contribution >= 0.6 is 11.6 Å². The van der Waals surface area contributed by atoms with Crippen LogP contribution < -0.4 is 14.4 Å². The standard InChI is InChI=1S/C20H17ClN4O4S/c1-25-17-9-22-15-5-2-11(6-14(15)19(17)29-10-18(25)26)12-7-16(20(21)23-8-12)24-30(27,28)13-3-4-13/h2,5-9,13,24H,3-4,10H2,1H3. The quantitative estimate of drug-likeness (QED) is 0.620. The summed E-state index contributed by atoms with van der Waals surface area (Å²) in [4.78, 5) is 22.0. The van der Waals surface area contributed by atoms with Crippen LogP contribution in [0.25, 0.3) is 22.0 Å². The van der Waals surface area contributed by atoms with Gasteiger partial charge in [0.25, 0.3) is 5.91 Å². The number of carbonyl (C=O) groups excluding carboxylic acids is 1. The fraction of sp³-hybridized carbons (Fsp3) is 0.250. The second-order valence-electron chi connectivity index (χ2n) is 7.35. The van der Waals surface area contributed by atoms with Gasteiger partial charge in [0.05, 0.1) is 22.7 Å². The van der Waals surface area contributed by atoms with Crippen molar-refractivity contribution in [3.63, 3.8) is 0 Å². The first kappa shape index (κ1) is 19.1. The van der Waals surface area contributed by atoms with Gasteiger partial charge >= 0.3 is 0 Å². The number of rotatable bonds is 4. The molecule has 1 aromatic carbocycles. The van der Waals surface area contributed by atoms with Crippen molar-refractivity contribution >= 4 is 49.8 Å². The lowest BCUT2D eigenvalue weighted by molar-refractivity contribution is -0.120. The highest BCUT2D eigenvalue weighted by atomic mass is 35.5. The Hall–Kier alpha value is -2.91. The molecule has 0 saturated heterocycles. The highest BCUT2D eigenvalue weighted by Gasteiger charge is 2.36. The second kappa shape index (κ2) is 6.82. The van der Waals surface area contributed by atoms with Gasteiger partial charge < -0.3 is 9.64 Å². The number of aromatic nitrogens is 2. The van der Waals surface area contributed by atoms with Crippen molar-refractivity contribution in [2.24, 2.45) is 0 Å². The first-order valence-corrected chi connectivity index (χ1v) is 11.3. The van der Waals surface area contributed by atoms with Gasteiger partial charge in [-0.25, -0.2) is 13.4 Å². The first-order valence-electron chi connectivity index (χ1n) is 9.33. The van der Waals surface area contributed by atoms with Gasteiger partial charge in [0.1, 0.15) is 5.69 Å². The molecule has 0 bridgehead atoms. The average molecular weight is 445 g/mol. The van der Waals surface area contributed by atoms with Crippen LogP contribution in [0.5, 0.6) is 5.75 Å². The largest absolute Gasteiger partial charge is 0.481 e. The van der Waals surface area contributed by atoms with Crippen molar-refractivity contribution in [1.82, 2.24) is 9.97 Å². The Kier molecular flexibility index (Phi) is 4.33. The number of sulfonamides is 1. The molecule has 1 fully saturated rings. The molecule has 30 heavy (non-hydrogen) atoms. The van der Waals surface area contributed by atoms with Crippen molar-refractivity contribution < 1.29 is 17.9 Å². The Labute approximate surface area is 177 Å². The van der Waals surface area contributed by atoms with Crippen molar-refractivity contribution in [2.45, 2.75) is 18.1 Å². The van der Waals surface area contributed by atoms with Crippen molar-refractivity contribution in [3.05, 3.63) is 41.8 Å². The summed E-state index contributed by atoms with van der Waals surface area (Å²) in [5, 5.41) is 0.470. The van der Waals surface area contributed by atoms with Gasteiger partial charge in [0.15, 0.2) is 17.5 Å². The van der Waals surface area contributed by atoms with E-state index in [4.69, 9.17) is 16.3 Å². The minimum absolute atomic E-state index is 0.0393. The van der Waals surface area contributed by atoms with Crippen LogP contribution in [0.2, 0.25) is 5.15 Å². The first-order chi connectivity index (χ1) is 14.3. The third kappa shape index (κ3) is 3.23. The number of pyridine rings is 2. The van der Waals surface area contributed by atoms with Crippen molar-refractivity contribution in [1.29, 1.82) is 0 Å². The van der Waals surface area contributed by atoms with E-state index in [9.17, 15) is 13.2 Å². The molecule has 1 amide bonds. The molecule has 0 radical (unpaired) electrons. The number of hydrogen-bond donors (Lipinski definition) is 1. The molecule has 0 unspecified atom stereocenters. The third-order valence-electron chi connectivity index (χ3n) is 5.26. The summed E-state index contributed by atoms with van der Waals surface area (Å²) in [5.41, 5.74) is 3.04. The molecule has 1 N–H and O–H groups in total. The lowest BCUT2D eigenvalue weighted by atomic mass is 10.0. The zero-order chi connectivity index (χ0) is 21.0. The summed E-state index contributed by atoms with van der Waals surface area (Å²) < 4.78 is 32.8. The molecule has 0 spiro atoms. The number of nitrogens with zero attached hydrogens (tertiary/aromatic N) is 3. The lowest BCUT2D eigenvalue weighted by Crippen LogP contribution is -2.35. The van der Waals surface area contributed by atoms with Gasteiger partial charge in [-0.05, 0) is 36.6 Å². The minimum Gasteiger partial charge on any atom is -0.481 e. The van der Waals surface area contributed by atoms with Crippen LogP contribution in [0.15, 0.2) is 36.7 Å². The average Bonchev–Trinajstić information content (AvgIpc) is 3.58. The molecule has 10 heteroatoms. The van der Waals surface area contributed by atoms with E-state index in [1.807, 2.05) is 18.2 Å². The fourth-order valence-electron chi connectivity index (χ4n) is 3.39. The summed E-state index contributed by atoms with van der Waals surface area (Å²) in [6, 6.07) is 7.25. The number of benzene rings is 1. The van der Waals surface area contributed by atoms with Gasteiger partial charge in [0, 0.05) is 24.2 Å². The molecule has 1 aliphatic heterocycles. The number of ether oxygens (including phenoxy) is 1. The van der Waals surface area contributed by atoms with Crippen LogP contribution in [0.3, 0.4) is 0 Å². The number of hydrogen-bond acceptors (Lipinski definition) is 6. The molecule has 2 aromatic heterocycles. The molecule has 2 aliphatic rings. The SMILES string of the molecule is CN1C(=O)COc2c1cnc1ccc(-c3cnc(Cl)c(NS(=O)(=O)C4CC4)c3)cc21. The zero-order valence-electron chi connectivity index (χ0n) is 15.9. The Morgan fingerprint density at radius 3 is 2.73 bits per heavy atom. The van der Waals surface area contributed by atoms with Crippen molar-refractivity contribution in [2.75, 3.05) is 23.3 Å². The zero-order valence-corrected chi connectivity index (χ0v) is 17.5. The minimum atomic E-state index is -3.46. The smallest absolute Gasteiger partial charge is 0.264 e. The molecular formula is C20H17ClN4O4S. The van der Waals surface area contributed by atoms with E-state index in [-0.39, 0.29) is 28.6 Å². The molecule has 154 valence electrons. The summed E-state index contributed by atoms with van der Waals surface area (Å²) in [7, 11) is -1.78. The van der Waals surface area contributed by atoms with E-state index >= 15 is 0 Å². The molecule has 5 rings (SSSR count). The summed E-state index contributed by atoms with van der Waals surface area (Å²) >= 11 is 6.13. The monoisotopic (exact) mass is 444 g/mol. The Morgan fingerprint density at radius 1 is 1.17 bits per heavy atom. The number of anilines is 2. The van der Waals surface area contributed by atoms with Gasteiger partial charge in [-0.3, -0.25) is 14.5 Å². The number of nitrogens with one attached hydrogen (secondary N) is 1.